The molecule has 5 nitrogen and oxygen atoms in total. The summed E-state index contributed by atoms with van der Waals surface area (Å²) < 4.78 is 0. The van der Waals surface area contributed by atoms with E-state index in [-0.39, 0.29) is 18.3 Å². The molecule has 2 heterocycles. The maximum atomic E-state index is 12.6. The highest BCUT2D eigenvalue weighted by molar-refractivity contribution is 5.94. The molecule has 1 saturated heterocycles. The fourth-order valence-electron chi connectivity index (χ4n) is 3.33. The molecule has 0 aromatic carbocycles. The highest BCUT2D eigenvalue weighted by Gasteiger charge is 2.29. The Labute approximate surface area is 132 Å². The van der Waals surface area contributed by atoms with Gasteiger partial charge in [0.15, 0.2) is 5.69 Å². The van der Waals surface area contributed by atoms with E-state index in [0.717, 1.165) is 58.3 Å². The van der Waals surface area contributed by atoms with Crippen LogP contribution >= 0.6 is 12.4 Å². The van der Waals surface area contributed by atoms with Crippen molar-refractivity contribution in [3.63, 3.8) is 0 Å². The molecule has 2 N–H and O–H groups in total. The monoisotopic (exact) mass is 312 g/mol. The molecular weight excluding hydrogens is 288 g/mol. The van der Waals surface area contributed by atoms with E-state index in [0.29, 0.717) is 11.6 Å². The molecule has 0 unspecified atom stereocenters. The molecule has 1 aliphatic carbocycles. The van der Waals surface area contributed by atoms with Crippen molar-refractivity contribution in [3.05, 3.63) is 17.0 Å². The highest BCUT2D eigenvalue weighted by atomic mass is 35.5. The number of aromatic nitrogens is 2. The average molecular weight is 313 g/mol. The van der Waals surface area contributed by atoms with Gasteiger partial charge in [-0.3, -0.25) is 9.89 Å². The number of fused-ring (bicyclic) bond motifs is 1. The van der Waals surface area contributed by atoms with Gasteiger partial charge in [0, 0.05) is 24.3 Å². The summed E-state index contributed by atoms with van der Waals surface area (Å²) >= 11 is 0. The maximum absolute atomic E-state index is 12.6. The number of nitrogens with one attached hydrogen (secondary N) is 2. The minimum atomic E-state index is 0. The van der Waals surface area contributed by atoms with Crippen molar-refractivity contribution in [2.45, 2.75) is 39.0 Å². The Kier molecular flexibility index (Phi) is 5.65. The number of likely N-dealkylation sites (tertiary alicyclic amines) is 1. The van der Waals surface area contributed by atoms with Crippen LogP contribution in [0.25, 0.3) is 0 Å². The van der Waals surface area contributed by atoms with E-state index in [1.807, 2.05) is 4.90 Å². The number of hydrogen-bond acceptors (Lipinski definition) is 3. The number of amides is 1. The van der Waals surface area contributed by atoms with E-state index in [2.05, 4.69) is 22.4 Å². The molecule has 0 saturated carbocycles. The van der Waals surface area contributed by atoms with E-state index >= 15 is 0 Å². The van der Waals surface area contributed by atoms with Crippen LogP contribution in [0.3, 0.4) is 0 Å². The van der Waals surface area contributed by atoms with Crippen LogP contribution in [0.2, 0.25) is 0 Å². The highest BCUT2D eigenvalue weighted by Crippen LogP contribution is 2.25. The van der Waals surface area contributed by atoms with Gasteiger partial charge in [0.25, 0.3) is 5.91 Å². The van der Waals surface area contributed by atoms with Gasteiger partial charge in [0.2, 0.25) is 0 Å². The summed E-state index contributed by atoms with van der Waals surface area (Å²) in [5.74, 6) is 0.843. The molecule has 0 bridgehead atoms. The van der Waals surface area contributed by atoms with Gasteiger partial charge in [0.1, 0.15) is 0 Å². The number of aryl methyl sites for hydroxylation is 1. The van der Waals surface area contributed by atoms with E-state index in [1.165, 1.54) is 11.3 Å². The van der Waals surface area contributed by atoms with Gasteiger partial charge in [-0.15, -0.1) is 12.4 Å². The minimum Gasteiger partial charge on any atom is -0.337 e. The molecule has 118 valence electrons. The summed E-state index contributed by atoms with van der Waals surface area (Å²) in [6.07, 6.45) is 5.40. The number of carbonyl (C=O) groups is 1. The van der Waals surface area contributed by atoms with Gasteiger partial charge in [0.05, 0.1) is 0 Å². The van der Waals surface area contributed by atoms with Gasteiger partial charge in [-0.25, -0.2) is 0 Å². The predicted molar refractivity (Wildman–Crippen MR) is 85.0 cm³/mol. The Morgan fingerprint density at radius 2 is 2.14 bits per heavy atom. The molecule has 2 aliphatic rings. The van der Waals surface area contributed by atoms with Gasteiger partial charge in [-0.2, -0.15) is 5.10 Å². The van der Waals surface area contributed by atoms with Crippen molar-refractivity contribution in [3.8, 4) is 0 Å². The van der Waals surface area contributed by atoms with Gasteiger partial charge in [-0.05, 0) is 51.1 Å². The van der Waals surface area contributed by atoms with Crippen LogP contribution in [0.5, 0.6) is 0 Å². The van der Waals surface area contributed by atoms with Crippen molar-refractivity contribution in [2.75, 3.05) is 26.2 Å². The molecule has 21 heavy (non-hydrogen) atoms. The molecule has 0 atom stereocenters. The first-order valence-electron chi connectivity index (χ1n) is 7.85. The summed E-state index contributed by atoms with van der Waals surface area (Å²) in [7, 11) is 0. The third kappa shape index (κ3) is 3.40. The lowest BCUT2D eigenvalue weighted by Gasteiger charge is -2.31. The van der Waals surface area contributed by atoms with Crippen molar-refractivity contribution < 1.29 is 4.79 Å². The normalized spacial score (nSPS) is 18.4. The number of rotatable bonds is 4. The van der Waals surface area contributed by atoms with E-state index in [9.17, 15) is 4.79 Å². The standard InChI is InChI=1S/C15H24N4O.ClH/c1-2-16-10-11-6-8-19(9-7-11)15(20)14-12-4-3-5-13(12)17-18-14;/h11,16H,2-10H2,1H3,(H,17,18);1H. The van der Waals surface area contributed by atoms with Crippen LogP contribution in [0, 0.1) is 5.92 Å². The molecule has 3 rings (SSSR count). The molecule has 1 aromatic rings. The fourth-order valence-corrected chi connectivity index (χ4v) is 3.33. The third-order valence-electron chi connectivity index (χ3n) is 4.59. The molecule has 6 heteroatoms. The van der Waals surface area contributed by atoms with Crippen molar-refractivity contribution in [2.24, 2.45) is 5.92 Å². The first kappa shape index (κ1) is 16.3. The van der Waals surface area contributed by atoms with E-state index in [1.54, 1.807) is 0 Å². The van der Waals surface area contributed by atoms with Gasteiger partial charge < -0.3 is 10.2 Å². The van der Waals surface area contributed by atoms with Crippen molar-refractivity contribution in [1.29, 1.82) is 0 Å². The van der Waals surface area contributed by atoms with E-state index in [4.69, 9.17) is 0 Å². The van der Waals surface area contributed by atoms with Gasteiger partial charge >= 0.3 is 0 Å². The fraction of sp³-hybridized carbons (Fsp3) is 0.733. The molecule has 0 radical (unpaired) electrons. The summed E-state index contributed by atoms with van der Waals surface area (Å²) in [5, 5.41) is 10.7. The zero-order valence-electron chi connectivity index (χ0n) is 12.7. The van der Waals surface area contributed by atoms with Crippen LogP contribution in [0.15, 0.2) is 0 Å². The van der Waals surface area contributed by atoms with Crippen molar-refractivity contribution in [1.82, 2.24) is 20.4 Å². The number of aromatic amines is 1. The second-order valence-electron chi connectivity index (χ2n) is 5.93. The van der Waals surface area contributed by atoms with Gasteiger partial charge in [-0.1, -0.05) is 6.92 Å². The summed E-state index contributed by atoms with van der Waals surface area (Å²) in [6, 6.07) is 0. The SMILES string of the molecule is CCNCC1CCN(C(=O)c2n[nH]c3c2CCC3)CC1.Cl. The number of carbonyl (C=O) groups excluding carboxylic acids is 1. The maximum Gasteiger partial charge on any atom is 0.274 e. The molecule has 1 amide bonds. The summed E-state index contributed by atoms with van der Waals surface area (Å²) in [5.41, 5.74) is 3.03. The second kappa shape index (κ2) is 7.27. The number of H-pyrrole nitrogens is 1. The van der Waals surface area contributed by atoms with Crippen LogP contribution < -0.4 is 5.32 Å². The number of halogens is 1. The number of hydrogen-bond donors (Lipinski definition) is 2. The number of nitrogens with zero attached hydrogens (tertiary/aromatic N) is 2. The Morgan fingerprint density at radius 1 is 1.38 bits per heavy atom. The van der Waals surface area contributed by atoms with Crippen LogP contribution in [-0.2, 0) is 12.8 Å². The lowest BCUT2D eigenvalue weighted by atomic mass is 9.96. The van der Waals surface area contributed by atoms with Crippen LogP contribution in [0.1, 0.15) is 47.9 Å². The molecule has 0 spiro atoms. The zero-order valence-corrected chi connectivity index (χ0v) is 13.5. The largest absolute Gasteiger partial charge is 0.337 e. The lowest BCUT2D eigenvalue weighted by Crippen LogP contribution is -2.41. The smallest absolute Gasteiger partial charge is 0.274 e. The topological polar surface area (TPSA) is 61.0 Å². The molecule has 1 aliphatic heterocycles. The predicted octanol–water partition coefficient (Wildman–Crippen LogP) is 1.78. The Balaban J connectivity index is 0.00000161. The quantitative estimate of drug-likeness (QED) is 0.891. The Morgan fingerprint density at radius 3 is 2.86 bits per heavy atom. The molecule has 1 fully saturated rings. The third-order valence-corrected chi connectivity index (χ3v) is 4.59. The summed E-state index contributed by atoms with van der Waals surface area (Å²) in [4.78, 5) is 14.6. The molecular formula is C15H25ClN4O. The Bertz CT molecular complexity index is 480. The van der Waals surface area contributed by atoms with Crippen LogP contribution in [-0.4, -0.2) is 47.2 Å². The minimum absolute atomic E-state index is 0. The zero-order chi connectivity index (χ0) is 13.9. The Hall–Kier alpha value is -1.07. The number of piperidine rings is 1. The van der Waals surface area contributed by atoms with Crippen LogP contribution in [0.4, 0.5) is 0 Å². The van der Waals surface area contributed by atoms with E-state index < -0.39 is 0 Å². The average Bonchev–Trinajstić information content (AvgIpc) is 3.08. The first-order valence-corrected chi connectivity index (χ1v) is 7.85. The molecule has 1 aromatic heterocycles. The lowest BCUT2D eigenvalue weighted by molar-refractivity contribution is 0.0683. The van der Waals surface area contributed by atoms with Crippen molar-refractivity contribution >= 4 is 18.3 Å². The summed E-state index contributed by atoms with van der Waals surface area (Å²) in [6.45, 7) is 5.98. The second-order valence-corrected chi connectivity index (χ2v) is 5.93. The first-order chi connectivity index (χ1) is 9.79.